The van der Waals surface area contributed by atoms with Crippen molar-refractivity contribution in [2.24, 2.45) is 0 Å². The van der Waals surface area contributed by atoms with Gasteiger partial charge in [-0.3, -0.25) is 0 Å². The molecule has 0 heterocycles. The predicted octanol–water partition coefficient (Wildman–Crippen LogP) is 4.18. The molecule has 0 bridgehead atoms. The van der Waals surface area contributed by atoms with Crippen molar-refractivity contribution in [1.82, 2.24) is 0 Å². The number of hydrogen-bond acceptors (Lipinski definition) is 2. The van der Waals surface area contributed by atoms with Crippen LogP contribution in [0.3, 0.4) is 0 Å². The number of benzene rings is 2. The molecule has 0 aliphatic carbocycles. The Morgan fingerprint density at radius 2 is 1.58 bits per heavy atom. The number of anilines is 1. The van der Waals surface area contributed by atoms with Crippen LogP contribution in [0, 0.1) is 13.8 Å². The largest absolute Gasteiger partial charge is 0.489 e. The highest BCUT2D eigenvalue weighted by Gasteiger charge is 2.06. The van der Waals surface area contributed by atoms with Crippen LogP contribution < -0.4 is 10.1 Å². The van der Waals surface area contributed by atoms with Gasteiger partial charge in [-0.15, -0.1) is 0 Å². The minimum atomic E-state index is 0.126. The highest BCUT2D eigenvalue weighted by atomic mass is 16.5. The molecule has 100 valence electrons. The van der Waals surface area contributed by atoms with E-state index in [0.29, 0.717) is 0 Å². The molecule has 2 aromatic rings. The Kier molecular flexibility index (Phi) is 4.45. The molecule has 0 radical (unpaired) electrons. The first kappa shape index (κ1) is 13.5. The number of ether oxygens (including phenoxy) is 1. The monoisotopic (exact) mass is 255 g/mol. The first-order valence-corrected chi connectivity index (χ1v) is 6.68. The summed E-state index contributed by atoms with van der Waals surface area (Å²) in [6, 6.07) is 16.3. The SMILES string of the molecule is Cc1cccc(C)c1NCC(C)Oc1ccccc1. The minimum Gasteiger partial charge on any atom is -0.489 e. The molecule has 2 heteroatoms. The standard InChI is InChI=1S/C17H21NO/c1-13-8-7-9-14(2)17(13)18-12-15(3)19-16-10-5-4-6-11-16/h4-11,15,18H,12H2,1-3H3. The molecule has 0 aliphatic rings. The van der Waals surface area contributed by atoms with Gasteiger partial charge in [-0.2, -0.15) is 0 Å². The van der Waals surface area contributed by atoms with E-state index in [4.69, 9.17) is 4.74 Å². The lowest BCUT2D eigenvalue weighted by Gasteiger charge is -2.18. The van der Waals surface area contributed by atoms with Gasteiger partial charge in [0.15, 0.2) is 0 Å². The lowest BCUT2D eigenvalue weighted by Crippen LogP contribution is -2.23. The number of para-hydroxylation sites is 2. The van der Waals surface area contributed by atoms with Crippen LogP contribution in [0.4, 0.5) is 5.69 Å². The van der Waals surface area contributed by atoms with Crippen LogP contribution in [-0.4, -0.2) is 12.6 Å². The van der Waals surface area contributed by atoms with Gasteiger partial charge in [0.25, 0.3) is 0 Å². The van der Waals surface area contributed by atoms with Crippen molar-refractivity contribution in [3.05, 3.63) is 59.7 Å². The van der Waals surface area contributed by atoms with Crippen molar-refractivity contribution in [1.29, 1.82) is 0 Å². The Bertz CT molecular complexity index is 502. The molecular weight excluding hydrogens is 234 g/mol. The number of aryl methyl sites for hydroxylation is 2. The summed E-state index contributed by atoms with van der Waals surface area (Å²) in [7, 11) is 0. The highest BCUT2D eigenvalue weighted by Crippen LogP contribution is 2.19. The zero-order chi connectivity index (χ0) is 13.7. The zero-order valence-corrected chi connectivity index (χ0v) is 11.8. The lowest BCUT2D eigenvalue weighted by molar-refractivity contribution is 0.235. The van der Waals surface area contributed by atoms with E-state index in [-0.39, 0.29) is 6.10 Å². The molecule has 2 aromatic carbocycles. The van der Waals surface area contributed by atoms with Gasteiger partial charge in [0.1, 0.15) is 11.9 Å². The maximum absolute atomic E-state index is 5.85. The topological polar surface area (TPSA) is 21.3 Å². The molecule has 1 N–H and O–H groups in total. The van der Waals surface area contributed by atoms with E-state index in [9.17, 15) is 0 Å². The van der Waals surface area contributed by atoms with Gasteiger partial charge in [0.2, 0.25) is 0 Å². The minimum absolute atomic E-state index is 0.126. The molecule has 19 heavy (non-hydrogen) atoms. The molecule has 1 atom stereocenters. The van der Waals surface area contributed by atoms with E-state index >= 15 is 0 Å². The second-order valence-corrected chi connectivity index (χ2v) is 4.89. The zero-order valence-electron chi connectivity index (χ0n) is 11.8. The van der Waals surface area contributed by atoms with Crippen molar-refractivity contribution in [2.45, 2.75) is 26.9 Å². The lowest BCUT2D eigenvalue weighted by atomic mass is 10.1. The third-order valence-corrected chi connectivity index (χ3v) is 3.13. The number of nitrogens with one attached hydrogen (secondary N) is 1. The second-order valence-electron chi connectivity index (χ2n) is 4.89. The van der Waals surface area contributed by atoms with E-state index < -0.39 is 0 Å². The molecule has 0 fully saturated rings. The van der Waals surface area contributed by atoms with E-state index in [0.717, 1.165) is 12.3 Å². The smallest absolute Gasteiger partial charge is 0.119 e. The predicted molar refractivity (Wildman–Crippen MR) is 80.9 cm³/mol. The number of rotatable bonds is 5. The van der Waals surface area contributed by atoms with Crippen molar-refractivity contribution in [3.8, 4) is 5.75 Å². The summed E-state index contributed by atoms with van der Waals surface area (Å²) >= 11 is 0. The highest BCUT2D eigenvalue weighted by molar-refractivity contribution is 5.56. The van der Waals surface area contributed by atoms with E-state index in [1.807, 2.05) is 30.3 Å². The summed E-state index contributed by atoms with van der Waals surface area (Å²) in [5.41, 5.74) is 3.75. The van der Waals surface area contributed by atoms with Crippen molar-refractivity contribution in [2.75, 3.05) is 11.9 Å². The van der Waals surface area contributed by atoms with Crippen molar-refractivity contribution in [3.63, 3.8) is 0 Å². The molecule has 0 aliphatic heterocycles. The molecule has 0 saturated heterocycles. The van der Waals surface area contributed by atoms with E-state index in [1.54, 1.807) is 0 Å². The van der Waals surface area contributed by atoms with E-state index in [1.165, 1.54) is 16.8 Å². The second kappa shape index (κ2) is 6.28. The van der Waals surface area contributed by atoms with Crippen LogP contribution in [0.2, 0.25) is 0 Å². The summed E-state index contributed by atoms with van der Waals surface area (Å²) in [5.74, 6) is 0.915. The Hall–Kier alpha value is -1.96. The Balaban J connectivity index is 1.92. The maximum atomic E-state index is 5.85. The Labute approximate surface area is 115 Å². The molecule has 0 aromatic heterocycles. The fourth-order valence-corrected chi connectivity index (χ4v) is 2.11. The van der Waals surface area contributed by atoms with Gasteiger partial charge in [-0.05, 0) is 44.0 Å². The Morgan fingerprint density at radius 1 is 0.947 bits per heavy atom. The fourth-order valence-electron chi connectivity index (χ4n) is 2.11. The average Bonchev–Trinajstić information content (AvgIpc) is 2.39. The van der Waals surface area contributed by atoms with Crippen LogP contribution in [0.25, 0.3) is 0 Å². The quantitative estimate of drug-likeness (QED) is 0.865. The molecule has 0 spiro atoms. The van der Waals surface area contributed by atoms with Gasteiger partial charge < -0.3 is 10.1 Å². The van der Waals surface area contributed by atoms with Gasteiger partial charge in [-0.25, -0.2) is 0 Å². The number of hydrogen-bond donors (Lipinski definition) is 1. The summed E-state index contributed by atoms with van der Waals surface area (Å²) in [5, 5.41) is 3.48. The van der Waals surface area contributed by atoms with Crippen molar-refractivity contribution >= 4 is 5.69 Å². The van der Waals surface area contributed by atoms with Gasteiger partial charge in [0, 0.05) is 5.69 Å². The summed E-state index contributed by atoms with van der Waals surface area (Å²) < 4.78 is 5.85. The van der Waals surface area contributed by atoms with Crippen molar-refractivity contribution < 1.29 is 4.74 Å². The summed E-state index contributed by atoms with van der Waals surface area (Å²) in [4.78, 5) is 0. The van der Waals surface area contributed by atoms with Gasteiger partial charge in [-0.1, -0.05) is 36.4 Å². The molecular formula is C17H21NO. The van der Waals surface area contributed by atoms with Crippen LogP contribution >= 0.6 is 0 Å². The van der Waals surface area contributed by atoms with Crippen LogP contribution in [-0.2, 0) is 0 Å². The van der Waals surface area contributed by atoms with Gasteiger partial charge >= 0.3 is 0 Å². The molecule has 0 amide bonds. The first-order valence-electron chi connectivity index (χ1n) is 6.68. The molecule has 2 nitrogen and oxygen atoms in total. The average molecular weight is 255 g/mol. The maximum Gasteiger partial charge on any atom is 0.119 e. The van der Waals surface area contributed by atoms with Crippen LogP contribution in [0.1, 0.15) is 18.1 Å². The normalized spacial score (nSPS) is 11.9. The third kappa shape index (κ3) is 3.75. The Morgan fingerprint density at radius 3 is 2.21 bits per heavy atom. The van der Waals surface area contributed by atoms with Gasteiger partial charge in [0.05, 0.1) is 6.54 Å². The van der Waals surface area contributed by atoms with Crippen LogP contribution in [0.5, 0.6) is 5.75 Å². The first-order chi connectivity index (χ1) is 9.16. The molecule has 2 rings (SSSR count). The fraction of sp³-hybridized carbons (Fsp3) is 0.294. The summed E-state index contributed by atoms with van der Waals surface area (Å²) in [6.07, 6.45) is 0.126. The summed E-state index contributed by atoms with van der Waals surface area (Å²) in [6.45, 7) is 7.12. The van der Waals surface area contributed by atoms with E-state index in [2.05, 4.69) is 44.3 Å². The van der Waals surface area contributed by atoms with Crippen LogP contribution in [0.15, 0.2) is 48.5 Å². The molecule has 0 saturated carbocycles. The molecule has 1 unspecified atom stereocenters. The third-order valence-electron chi connectivity index (χ3n) is 3.13.